The molecule has 0 bridgehead atoms. The number of sulfonamides is 1. The highest BCUT2D eigenvalue weighted by atomic mass is 35.5. The third-order valence-electron chi connectivity index (χ3n) is 1.94. The Hall–Kier alpha value is -0.530. The van der Waals surface area contributed by atoms with Crippen molar-refractivity contribution in [3.63, 3.8) is 0 Å². The molecule has 0 aromatic heterocycles. The number of nitrogens with one attached hydrogen (secondary N) is 1. The van der Waals surface area contributed by atoms with Crippen molar-refractivity contribution < 1.29 is 13.5 Å². The zero-order valence-corrected chi connectivity index (χ0v) is 11.3. The van der Waals surface area contributed by atoms with Gasteiger partial charge in [-0.2, -0.15) is 0 Å². The van der Waals surface area contributed by atoms with Crippen LogP contribution in [0.15, 0.2) is 17.0 Å². The van der Waals surface area contributed by atoms with Crippen molar-refractivity contribution in [3.05, 3.63) is 22.2 Å². The zero-order valence-electron chi connectivity index (χ0n) is 8.94. The van der Waals surface area contributed by atoms with E-state index >= 15 is 0 Å². The highest BCUT2D eigenvalue weighted by Crippen LogP contribution is 2.31. The van der Waals surface area contributed by atoms with Crippen LogP contribution in [0.4, 0.5) is 5.69 Å². The first-order chi connectivity index (χ1) is 7.77. The largest absolute Gasteiger partial charge is 0.398 e. The molecular weight excluding hydrogens is 287 g/mol. The van der Waals surface area contributed by atoms with Gasteiger partial charge in [0, 0.05) is 11.1 Å². The lowest BCUT2D eigenvalue weighted by Crippen LogP contribution is -2.35. The van der Waals surface area contributed by atoms with Crippen LogP contribution in [0, 0.1) is 0 Å². The topological polar surface area (TPSA) is 92.4 Å². The van der Waals surface area contributed by atoms with Gasteiger partial charge in [-0.25, -0.2) is 13.1 Å². The van der Waals surface area contributed by atoms with Crippen molar-refractivity contribution in [2.24, 2.45) is 0 Å². The van der Waals surface area contributed by atoms with Crippen molar-refractivity contribution in [2.75, 3.05) is 12.3 Å². The highest BCUT2D eigenvalue weighted by molar-refractivity contribution is 7.89. The van der Waals surface area contributed by atoms with E-state index in [4.69, 9.17) is 34.0 Å². The average Bonchev–Trinajstić information content (AvgIpc) is 2.14. The summed E-state index contributed by atoms with van der Waals surface area (Å²) in [6.45, 7) is 1.18. The number of aliphatic hydroxyl groups excluding tert-OH is 1. The second-order valence-electron chi connectivity index (χ2n) is 3.51. The van der Waals surface area contributed by atoms with Gasteiger partial charge in [0.05, 0.1) is 17.3 Å². The molecule has 0 heterocycles. The molecule has 0 fully saturated rings. The van der Waals surface area contributed by atoms with E-state index in [0.29, 0.717) is 0 Å². The number of rotatable bonds is 4. The molecule has 8 heteroatoms. The zero-order chi connectivity index (χ0) is 13.2. The number of nitrogens with two attached hydrogens (primary N) is 1. The predicted octanol–water partition coefficient (Wildman–Crippen LogP) is 1.23. The molecule has 0 aliphatic carbocycles. The van der Waals surface area contributed by atoms with Gasteiger partial charge in [-0.15, -0.1) is 0 Å². The Morgan fingerprint density at radius 3 is 2.53 bits per heavy atom. The SMILES string of the molecule is C[C@@H](CO)NS(=O)(=O)c1c(N)cc(Cl)cc1Cl. The van der Waals surface area contributed by atoms with E-state index in [9.17, 15) is 8.42 Å². The van der Waals surface area contributed by atoms with Crippen LogP contribution < -0.4 is 10.5 Å². The van der Waals surface area contributed by atoms with Gasteiger partial charge in [0.25, 0.3) is 0 Å². The Kier molecular flexibility index (Phi) is 4.62. The first-order valence-electron chi connectivity index (χ1n) is 4.65. The molecule has 0 aliphatic rings. The monoisotopic (exact) mass is 298 g/mol. The van der Waals surface area contributed by atoms with Crippen molar-refractivity contribution in [1.29, 1.82) is 0 Å². The van der Waals surface area contributed by atoms with Gasteiger partial charge < -0.3 is 10.8 Å². The van der Waals surface area contributed by atoms with Crippen LogP contribution in [-0.2, 0) is 10.0 Å². The van der Waals surface area contributed by atoms with Gasteiger partial charge >= 0.3 is 0 Å². The van der Waals surface area contributed by atoms with Crippen LogP contribution in [0.1, 0.15) is 6.92 Å². The Morgan fingerprint density at radius 1 is 1.47 bits per heavy atom. The number of anilines is 1. The van der Waals surface area contributed by atoms with Crippen molar-refractivity contribution in [3.8, 4) is 0 Å². The van der Waals surface area contributed by atoms with Crippen molar-refractivity contribution >= 4 is 38.9 Å². The van der Waals surface area contributed by atoms with Gasteiger partial charge in [0.2, 0.25) is 10.0 Å². The lowest BCUT2D eigenvalue weighted by Gasteiger charge is -2.14. The van der Waals surface area contributed by atoms with E-state index in [1.807, 2.05) is 0 Å². The van der Waals surface area contributed by atoms with Gasteiger partial charge in [-0.05, 0) is 19.1 Å². The summed E-state index contributed by atoms with van der Waals surface area (Å²) in [5, 5.41) is 9.00. The number of halogens is 2. The fourth-order valence-corrected chi connectivity index (χ4v) is 3.45. The number of benzene rings is 1. The molecule has 1 aromatic carbocycles. The van der Waals surface area contributed by atoms with Crippen LogP contribution in [-0.4, -0.2) is 26.2 Å². The Bertz CT molecular complexity index is 496. The molecule has 1 atom stereocenters. The molecule has 0 unspecified atom stereocenters. The van der Waals surface area contributed by atoms with Crippen molar-refractivity contribution in [1.82, 2.24) is 4.72 Å². The van der Waals surface area contributed by atoms with Crippen LogP contribution in [0.3, 0.4) is 0 Å². The molecule has 0 saturated heterocycles. The molecule has 0 radical (unpaired) electrons. The lowest BCUT2D eigenvalue weighted by molar-refractivity contribution is 0.265. The summed E-state index contributed by atoms with van der Waals surface area (Å²) in [7, 11) is -3.88. The maximum Gasteiger partial charge on any atom is 0.244 e. The number of nitrogen functional groups attached to an aromatic ring is 1. The van der Waals surface area contributed by atoms with Gasteiger partial charge in [-0.1, -0.05) is 23.2 Å². The highest BCUT2D eigenvalue weighted by Gasteiger charge is 2.23. The van der Waals surface area contributed by atoms with E-state index in [0.717, 1.165) is 0 Å². The van der Waals surface area contributed by atoms with Gasteiger partial charge in [0.15, 0.2) is 0 Å². The van der Waals surface area contributed by atoms with E-state index in [1.165, 1.54) is 19.1 Å². The summed E-state index contributed by atoms with van der Waals surface area (Å²) in [5.74, 6) is 0. The molecule has 5 nitrogen and oxygen atoms in total. The van der Waals surface area contributed by atoms with Crippen LogP contribution >= 0.6 is 23.2 Å². The Labute approximate surface area is 110 Å². The van der Waals surface area contributed by atoms with Crippen molar-refractivity contribution in [2.45, 2.75) is 17.9 Å². The molecule has 4 N–H and O–H groups in total. The second kappa shape index (κ2) is 5.41. The minimum Gasteiger partial charge on any atom is -0.398 e. The number of aliphatic hydroxyl groups is 1. The summed E-state index contributed by atoms with van der Waals surface area (Å²) in [6.07, 6.45) is 0. The molecule has 0 amide bonds. The maximum absolute atomic E-state index is 11.9. The molecule has 0 spiro atoms. The minimum atomic E-state index is -3.88. The maximum atomic E-state index is 11.9. The third-order valence-corrected chi connectivity index (χ3v) is 4.27. The summed E-state index contributed by atoms with van der Waals surface area (Å²) < 4.78 is 26.1. The van der Waals surface area contributed by atoms with E-state index in [-0.39, 0.29) is 27.2 Å². The first kappa shape index (κ1) is 14.5. The normalized spacial score (nSPS) is 13.6. The molecule has 0 aliphatic heterocycles. The number of hydrogen-bond donors (Lipinski definition) is 3. The summed E-state index contributed by atoms with van der Waals surface area (Å²) in [6, 6.07) is 1.95. The lowest BCUT2D eigenvalue weighted by atomic mass is 10.3. The van der Waals surface area contributed by atoms with E-state index in [2.05, 4.69) is 4.72 Å². The van der Waals surface area contributed by atoms with E-state index in [1.54, 1.807) is 0 Å². The fraction of sp³-hybridized carbons (Fsp3) is 0.333. The number of hydrogen-bond acceptors (Lipinski definition) is 4. The Balaban J connectivity index is 3.25. The fourth-order valence-electron chi connectivity index (χ4n) is 1.22. The molecule has 1 aromatic rings. The molecule has 96 valence electrons. The summed E-state index contributed by atoms with van der Waals surface area (Å²) in [5.41, 5.74) is 5.53. The quantitative estimate of drug-likeness (QED) is 0.729. The van der Waals surface area contributed by atoms with Crippen LogP contribution in [0.25, 0.3) is 0 Å². The summed E-state index contributed by atoms with van der Waals surface area (Å²) in [4.78, 5) is -0.233. The molecule has 1 rings (SSSR count). The van der Waals surface area contributed by atoms with Gasteiger partial charge in [0.1, 0.15) is 4.90 Å². The van der Waals surface area contributed by atoms with Gasteiger partial charge in [-0.3, -0.25) is 0 Å². The standard InChI is InChI=1S/C9H12Cl2N2O3S/c1-5(4-14)13-17(15,16)9-7(11)2-6(10)3-8(9)12/h2-3,5,13-14H,4,12H2,1H3/t5-/m0/s1. The van der Waals surface area contributed by atoms with Crippen LogP contribution in [0.2, 0.25) is 10.0 Å². The molecule has 17 heavy (non-hydrogen) atoms. The second-order valence-corrected chi connectivity index (χ2v) is 6.01. The third kappa shape index (κ3) is 3.46. The smallest absolute Gasteiger partial charge is 0.244 e. The Morgan fingerprint density at radius 2 is 2.06 bits per heavy atom. The predicted molar refractivity (Wildman–Crippen MR) is 67.7 cm³/mol. The van der Waals surface area contributed by atoms with E-state index < -0.39 is 16.1 Å². The molecule has 0 saturated carbocycles. The summed E-state index contributed by atoms with van der Waals surface area (Å²) >= 11 is 11.5. The van der Waals surface area contributed by atoms with Crippen LogP contribution in [0.5, 0.6) is 0 Å². The first-order valence-corrected chi connectivity index (χ1v) is 6.89. The average molecular weight is 299 g/mol. The minimum absolute atomic E-state index is 0.0415. The molecular formula is C9H12Cl2N2O3S.